The smallest absolute Gasteiger partial charge is 0.233 e. The van der Waals surface area contributed by atoms with Gasteiger partial charge in [-0.2, -0.15) is 0 Å². The van der Waals surface area contributed by atoms with Crippen molar-refractivity contribution in [2.75, 3.05) is 12.8 Å². The first-order valence-corrected chi connectivity index (χ1v) is 10.6. The summed E-state index contributed by atoms with van der Waals surface area (Å²) in [7, 11) is 1.75. The standard InChI is InChI=1S/C22H19ClN4O2S/c1-26(14-19-8-5-13-29-19)20(28)15-30-22-25-24-21(16-6-3-2-4-7-16)27(22)18-11-9-17(23)10-12-18/h2-13H,14-15H2,1H3. The molecule has 2 aromatic carbocycles. The predicted octanol–water partition coefficient (Wildman–Crippen LogP) is 4.93. The van der Waals surface area contributed by atoms with Crippen LogP contribution in [0.2, 0.25) is 5.02 Å². The molecule has 4 rings (SSSR count). The van der Waals surface area contributed by atoms with Gasteiger partial charge >= 0.3 is 0 Å². The van der Waals surface area contributed by atoms with E-state index in [4.69, 9.17) is 16.0 Å². The van der Waals surface area contributed by atoms with Gasteiger partial charge in [0, 0.05) is 23.3 Å². The van der Waals surface area contributed by atoms with Gasteiger partial charge in [-0.3, -0.25) is 9.36 Å². The van der Waals surface area contributed by atoms with E-state index in [1.54, 1.807) is 18.2 Å². The summed E-state index contributed by atoms with van der Waals surface area (Å²) in [5, 5.41) is 10.0. The van der Waals surface area contributed by atoms with Gasteiger partial charge in [0.15, 0.2) is 11.0 Å². The van der Waals surface area contributed by atoms with E-state index in [0.29, 0.717) is 22.5 Å². The third-order valence-corrected chi connectivity index (χ3v) is 5.64. The van der Waals surface area contributed by atoms with Crippen LogP contribution in [0.15, 0.2) is 82.6 Å². The number of carbonyl (C=O) groups excluding carboxylic acids is 1. The second-order valence-corrected chi connectivity index (χ2v) is 7.98. The van der Waals surface area contributed by atoms with Crippen LogP contribution in [-0.4, -0.2) is 38.4 Å². The van der Waals surface area contributed by atoms with Crippen LogP contribution < -0.4 is 0 Å². The SMILES string of the molecule is CN(Cc1ccco1)C(=O)CSc1nnc(-c2ccccc2)n1-c1ccc(Cl)cc1. The number of amides is 1. The van der Waals surface area contributed by atoms with E-state index < -0.39 is 0 Å². The van der Waals surface area contributed by atoms with E-state index in [2.05, 4.69) is 10.2 Å². The third-order valence-electron chi connectivity index (χ3n) is 4.47. The zero-order chi connectivity index (χ0) is 20.9. The average Bonchev–Trinajstić information content (AvgIpc) is 3.43. The van der Waals surface area contributed by atoms with E-state index in [0.717, 1.165) is 17.0 Å². The summed E-state index contributed by atoms with van der Waals surface area (Å²) in [6, 6.07) is 20.9. The first-order valence-electron chi connectivity index (χ1n) is 9.28. The zero-order valence-electron chi connectivity index (χ0n) is 16.2. The molecule has 0 aliphatic heterocycles. The van der Waals surface area contributed by atoms with Gasteiger partial charge in [-0.15, -0.1) is 10.2 Å². The Bertz CT molecular complexity index is 1110. The topological polar surface area (TPSA) is 64.2 Å². The Morgan fingerprint density at radius 1 is 1.07 bits per heavy atom. The van der Waals surface area contributed by atoms with Gasteiger partial charge in [0.05, 0.1) is 18.6 Å². The van der Waals surface area contributed by atoms with Gasteiger partial charge in [-0.05, 0) is 36.4 Å². The number of hydrogen-bond acceptors (Lipinski definition) is 5. The zero-order valence-corrected chi connectivity index (χ0v) is 17.8. The highest BCUT2D eigenvalue weighted by Crippen LogP contribution is 2.28. The third kappa shape index (κ3) is 4.58. The Labute approximate surface area is 183 Å². The van der Waals surface area contributed by atoms with Gasteiger partial charge in [0.25, 0.3) is 0 Å². The van der Waals surface area contributed by atoms with Crippen molar-refractivity contribution in [2.45, 2.75) is 11.7 Å². The van der Waals surface area contributed by atoms with Crippen LogP contribution in [0.5, 0.6) is 0 Å². The van der Waals surface area contributed by atoms with E-state index in [1.165, 1.54) is 11.8 Å². The number of rotatable bonds is 7. The van der Waals surface area contributed by atoms with Gasteiger partial charge in [0.1, 0.15) is 5.76 Å². The molecular weight excluding hydrogens is 420 g/mol. The molecule has 0 spiro atoms. The van der Waals surface area contributed by atoms with E-state index >= 15 is 0 Å². The summed E-state index contributed by atoms with van der Waals surface area (Å²) in [5.74, 6) is 1.66. The molecule has 0 bridgehead atoms. The Morgan fingerprint density at radius 2 is 1.83 bits per heavy atom. The van der Waals surface area contributed by atoms with E-state index in [9.17, 15) is 4.79 Å². The molecule has 0 unspecified atom stereocenters. The summed E-state index contributed by atoms with van der Waals surface area (Å²) >= 11 is 7.41. The Morgan fingerprint density at radius 3 is 2.53 bits per heavy atom. The largest absolute Gasteiger partial charge is 0.467 e. The molecule has 0 saturated carbocycles. The number of aromatic nitrogens is 3. The van der Waals surface area contributed by atoms with Crippen LogP contribution in [0.3, 0.4) is 0 Å². The minimum absolute atomic E-state index is 0.0247. The molecule has 0 aliphatic carbocycles. The van der Waals surface area contributed by atoms with Crippen molar-refractivity contribution in [2.24, 2.45) is 0 Å². The Kier molecular flexibility index (Phi) is 6.21. The molecule has 8 heteroatoms. The number of thioether (sulfide) groups is 1. The second kappa shape index (κ2) is 9.19. The van der Waals surface area contributed by atoms with Crippen LogP contribution in [0.4, 0.5) is 0 Å². The minimum Gasteiger partial charge on any atom is -0.467 e. The Hall–Kier alpha value is -3.03. The average molecular weight is 439 g/mol. The summed E-state index contributed by atoms with van der Waals surface area (Å²) in [6.07, 6.45) is 1.60. The number of furan rings is 1. The summed E-state index contributed by atoms with van der Waals surface area (Å²) < 4.78 is 7.26. The van der Waals surface area contributed by atoms with Crippen molar-refractivity contribution in [1.82, 2.24) is 19.7 Å². The van der Waals surface area contributed by atoms with Crippen LogP contribution in [-0.2, 0) is 11.3 Å². The fraction of sp³-hybridized carbons (Fsp3) is 0.136. The van der Waals surface area contributed by atoms with Crippen molar-refractivity contribution in [3.63, 3.8) is 0 Å². The predicted molar refractivity (Wildman–Crippen MR) is 118 cm³/mol. The summed E-state index contributed by atoms with van der Waals surface area (Å²) in [4.78, 5) is 14.2. The number of hydrogen-bond donors (Lipinski definition) is 0. The maximum Gasteiger partial charge on any atom is 0.233 e. The van der Waals surface area contributed by atoms with Crippen LogP contribution in [0.25, 0.3) is 17.1 Å². The minimum atomic E-state index is -0.0247. The van der Waals surface area contributed by atoms with Crippen molar-refractivity contribution in [1.29, 1.82) is 0 Å². The molecule has 0 N–H and O–H groups in total. The fourth-order valence-corrected chi connectivity index (χ4v) is 3.94. The second-order valence-electron chi connectivity index (χ2n) is 6.60. The van der Waals surface area contributed by atoms with Gasteiger partial charge < -0.3 is 9.32 Å². The van der Waals surface area contributed by atoms with Crippen LogP contribution >= 0.6 is 23.4 Å². The molecule has 0 fully saturated rings. The highest BCUT2D eigenvalue weighted by Gasteiger charge is 2.18. The lowest BCUT2D eigenvalue weighted by molar-refractivity contribution is -0.127. The van der Waals surface area contributed by atoms with E-state index in [1.807, 2.05) is 71.3 Å². The van der Waals surface area contributed by atoms with Crippen LogP contribution in [0.1, 0.15) is 5.76 Å². The van der Waals surface area contributed by atoms with Crippen molar-refractivity contribution < 1.29 is 9.21 Å². The lowest BCUT2D eigenvalue weighted by Gasteiger charge is -2.15. The molecule has 0 atom stereocenters. The van der Waals surface area contributed by atoms with E-state index in [-0.39, 0.29) is 11.7 Å². The summed E-state index contributed by atoms with van der Waals surface area (Å²) in [6.45, 7) is 0.422. The van der Waals surface area contributed by atoms with Crippen molar-refractivity contribution >= 4 is 29.3 Å². The highest BCUT2D eigenvalue weighted by atomic mass is 35.5. The van der Waals surface area contributed by atoms with Crippen molar-refractivity contribution in [3.8, 4) is 17.1 Å². The molecule has 0 saturated heterocycles. The van der Waals surface area contributed by atoms with Gasteiger partial charge in [-0.25, -0.2) is 0 Å². The molecule has 152 valence electrons. The molecule has 6 nitrogen and oxygen atoms in total. The monoisotopic (exact) mass is 438 g/mol. The van der Waals surface area contributed by atoms with Crippen molar-refractivity contribution in [3.05, 3.63) is 83.8 Å². The normalized spacial score (nSPS) is 10.9. The maximum absolute atomic E-state index is 12.6. The fourth-order valence-electron chi connectivity index (χ4n) is 2.92. The molecule has 1 amide bonds. The maximum atomic E-state index is 12.6. The summed E-state index contributed by atoms with van der Waals surface area (Å²) in [5.41, 5.74) is 1.82. The lowest BCUT2D eigenvalue weighted by atomic mass is 10.2. The molecule has 2 aromatic heterocycles. The number of nitrogens with zero attached hydrogens (tertiary/aromatic N) is 4. The number of halogens is 1. The number of benzene rings is 2. The molecular formula is C22H19ClN4O2S. The molecule has 0 aliphatic rings. The van der Waals surface area contributed by atoms with Gasteiger partial charge in [0.2, 0.25) is 5.91 Å². The highest BCUT2D eigenvalue weighted by molar-refractivity contribution is 7.99. The molecule has 4 aromatic rings. The molecule has 2 heterocycles. The first kappa shape index (κ1) is 20.3. The Balaban J connectivity index is 1.57. The molecule has 0 radical (unpaired) electrons. The quantitative estimate of drug-likeness (QED) is 0.383. The number of carbonyl (C=O) groups is 1. The first-order chi connectivity index (χ1) is 14.6. The van der Waals surface area contributed by atoms with Gasteiger partial charge in [-0.1, -0.05) is 53.7 Å². The van der Waals surface area contributed by atoms with Crippen LogP contribution in [0, 0.1) is 0 Å². The lowest BCUT2D eigenvalue weighted by Crippen LogP contribution is -2.27. The molecule has 30 heavy (non-hydrogen) atoms.